The first-order valence-electron chi connectivity index (χ1n) is 4.80. The molecule has 3 aromatic heterocycles. The Bertz CT molecular complexity index is 640. The summed E-state index contributed by atoms with van der Waals surface area (Å²) in [5.41, 5.74) is 7.15. The zero-order chi connectivity index (χ0) is 11.8. The quantitative estimate of drug-likeness (QED) is 0.711. The average molecular weight is 248 g/mol. The van der Waals surface area contributed by atoms with E-state index in [4.69, 9.17) is 10.3 Å². The van der Waals surface area contributed by atoms with E-state index in [-0.39, 0.29) is 0 Å². The standard InChI is InChI=1S/C9H8N6OS/c1-4-2-5(7(10)17-4)9-12-8(14-16-9)6-3-11-15-13-6/h2-3H,10H2,1H3,(H,11,13,15). The molecule has 86 valence electrons. The van der Waals surface area contributed by atoms with Gasteiger partial charge < -0.3 is 10.3 Å². The van der Waals surface area contributed by atoms with Crippen LogP contribution in [0.1, 0.15) is 4.88 Å². The molecule has 7 nitrogen and oxygen atoms in total. The average Bonchev–Trinajstić information content (AvgIpc) is 2.97. The van der Waals surface area contributed by atoms with Gasteiger partial charge in [-0.15, -0.1) is 11.3 Å². The van der Waals surface area contributed by atoms with Crippen LogP contribution in [0.2, 0.25) is 0 Å². The number of aryl methyl sites for hydroxylation is 1. The van der Waals surface area contributed by atoms with Crippen LogP contribution in [0.15, 0.2) is 16.8 Å². The van der Waals surface area contributed by atoms with E-state index in [1.54, 1.807) is 0 Å². The maximum Gasteiger partial charge on any atom is 0.261 e. The summed E-state index contributed by atoms with van der Waals surface area (Å²) in [5.74, 6) is 0.779. The highest BCUT2D eigenvalue weighted by Crippen LogP contribution is 2.33. The Balaban J connectivity index is 2.03. The number of nitrogens with two attached hydrogens (primary N) is 1. The summed E-state index contributed by atoms with van der Waals surface area (Å²) < 4.78 is 5.15. The van der Waals surface area contributed by atoms with Crippen molar-refractivity contribution in [2.24, 2.45) is 0 Å². The first-order chi connectivity index (χ1) is 8.24. The van der Waals surface area contributed by atoms with Crippen LogP contribution in [0.25, 0.3) is 23.0 Å². The third-order valence-electron chi connectivity index (χ3n) is 2.18. The predicted molar refractivity (Wildman–Crippen MR) is 62.1 cm³/mol. The van der Waals surface area contributed by atoms with Gasteiger partial charge in [-0.2, -0.15) is 20.4 Å². The molecule has 3 rings (SSSR count). The van der Waals surface area contributed by atoms with Crippen LogP contribution in [0.3, 0.4) is 0 Å². The monoisotopic (exact) mass is 248 g/mol. The number of aromatic nitrogens is 5. The number of anilines is 1. The fourth-order valence-corrected chi connectivity index (χ4v) is 2.23. The summed E-state index contributed by atoms with van der Waals surface area (Å²) in [6.07, 6.45) is 1.52. The second-order valence-electron chi connectivity index (χ2n) is 3.41. The van der Waals surface area contributed by atoms with Gasteiger partial charge in [0.15, 0.2) is 5.69 Å². The Labute approximate surface area is 99.7 Å². The number of hydrogen-bond donors (Lipinski definition) is 2. The second-order valence-corrected chi connectivity index (χ2v) is 4.70. The van der Waals surface area contributed by atoms with Gasteiger partial charge in [-0.3, -0.25) is 0 Å². The predicted octanol–water partition coefficient (Wildman–Crippen LogP) is 1.47. The lowest BCUT2D eigenvalue weighted by atomic mass is 10.3. The van der Waals surface area contributed by atoms with E-state index in [0.29, 0.717) is 22.4 Å². The van der Waals surface area contributed by atoms with Gasteiger partial charge in [-0.1, -0.05) is 5.16 Å². The molecule has 0 bridgehead atoms. The Morgan fingerprint density at radius 2 is 2.35 bits per heavy atom. The van der Waals surface area contributed by atoms with Crippen LogP contribution >= 0.6 is 11.3 Å². The van der Waals surface area contributed by atoms with Crippen LogP contribution in [0.5, 0.6) is 0 Å². The number of nitrogen functional groups attached to an aromatic ring is 1. The molecule has 0 aliphatic heterocycles. The number of rotatable bonds is 2. The lowest BCUT2D eigenvalue weighted by Gasteiger charge is -1.88. The number of H-pyrrole nitrogens is 1. The van der Waals surface area contributed by atoms with Gasteiger partial charge in [0.2, 0.25) is 5.82 Å². The third-order valence-corrected chi connectivity index (χ3v) is 3.06. The van der Waals surface area contributed by atoms with Crippen molar-refractivity contribution in [3.63, 3.8) is 0 Å². The summed E-state index contributed by atoms with van der Waals surface area (Å²) >= 11 is 1.49. The fourth-order valence-electron chi connectivity index (χ4n) is 1.45. The van der Waals surface area contributed by atoms with E-state index in [1.807, 2.05) is 13.0 Å². The van der Waals surface area contributed by atoms with Gasteiger partial charge in [-0.05, 0) is 13.0 Å². The molecule has 17 heavy (non-hydrogen) atoms. The van der Waals surface area contributed by atoms with Crippen LogP contribution in [0.4, 0.5) is 5.00 Å². The highest BCUT2D eigenvalue weighted by molar-refractivity contribution is 7.16. The zero-order valence-corrected chi connectivity index (χ0v) is 9.65. The van der Waals surface area contributed by atoms with Crippen molar-refractivity contribution < 1.29 is 4.52 Å². The van der Waals surface area contributed by atoms with Gasteiger partial charge in [0, 0.05) is 4.88 Å². The Kier molecular flexibility index (Phi) is 2.15. The van der Waals surface area contributed by atoms with Crippen molar-refractivity contribution >= 4 is 16.3 Å². The smallest absolute Gasteiger partial charge is 0.261 e. The highest BCUT2D eigenvalue weighted by Gasteiger charge is 2.16. The van der Waals surface area contributed by atoms with Crippen molar-refractivity contribution in [1.82, 2.24) is 25.6 Å². The number of nitrogens with one attached hydrogen (secondary N) is 1. The largest absolute Gasteiger partial charge is 0.390 e. The molecule has 3 N–H and O–H groups in total. The normalized spacial score (nSPS) is 10.9. The molecule has 0 fully saturated rings. The first-order valence-corrected chi connectivity index (χ1v) is 5.62. The van der Waals surface area contributed by atoms with Crippen LogP contribution < -0.4 is 5.73 Å². The van der Waals surface area contributed by atoms with Gasteiger partial charge in [-0.25, -0.2) is 0 Å². The number of thiophene rings is 1. The second kappa shape index (κ2) is 3.67. The summed E-state index contributed by atoms with van der Waals surface area (Å²) in [5, 5.41) is 14.5. The van der Waals surface area contributed by atoms with Gasteiger partial charge in [0.05, 0.1) is 16.8 Å². The minimum Gasteiger partial charge on any atom is -0.390 e. The molecule has 0 aromatic carbocycles. The van der Waals surface area contributed by atoms with Crippen LogP contribution in [-0.4, -0.2) is 25.6 Å². The highest BCUT2D eigenvalue weighted by atomic mass is 32.1. The summed E-state index contributed by atoms with van der Waals surface area (Å²) in [4.78, 5) is 5.32. The summed E-state index contributed by atoms with van der Waals surface area (Å²) in [7, 11) is 0. The molecule has 0 amide bonds. The van der Waals surface area contributed by atoms with E-state index >= 15 is 0 Å². The van der Waals surface area contributed by atoms with Crippen molar-refractivity contribution in [3.8, 4) is 23.0 Å². The Morgan fingerprint density at radius 1 is 1.47 bits per heavy atom. The molecule has 0 spiro atoms. The molecule has 0 saturated heterocycles. The zero-order valence-electron chi connectivity index (χ0n) is 8.84. The first kappa shape index (κ1) is 9.97. The van der Waals surface area contributed by atoms with Gasteiger partial charge >= 0.3 is 0 Å². The SMILES string of the molecule is Cc1cc(-c2nc(-c3cn[nH]n3)no2)c(N)s1. The molecule has 8 heteroatoms. The molecule has 0 atom stereocenters. The van der Waals surface area contributed by atoms with Crippen LogP contribution in [-0.2, 0) is 0 Å². The summed E-state index contributed by atoms with van der Waals surface area (Å²) in [6.45, 7) is 1.97. The van der Waals surface area contributed by atoms with Crippen LogP contribution in [0, 0.1) is 6.92 Å². The minimum atomic E-state index is 0.386. The van der Waals surface area contributed by atoms with Gasteiger partial charge in [0.1, 0.15) is 0 Å². The maximum atomic E-state index is 5.86. The van der Waals surface area contributed by atoms with Gasteiger partial charge in [0.25, 0.3) is 5.89 Å². The Hall–Kier alpha value is -2.22. The molecule has 0 aliphatic rings. The van der Waals surface area contributed by atoms with E-state index in [0.717, 1.165) is 10.4 Å². The molecule has 0 aliphatic carbocycles. The third kappa shape index (κ3) is 1.68. The number of nitrogens with zero attached hydrogens (tertiary/aromatic N) is 4. The van der Waals surface area contributed by atoms with E-state index < -0.39 is 0 Å². The van der Waals surface area contributed by atoms with Crippen molar-refractivity contribution in [1.29, 1.82) is 0 Å². The van der Waals surface area contributed by atoms with E-state index in [2.05, 4.69) is 25.6 Å². The topological polar surface area (TPSA) is 107 Å². The fraction of sp³-hybridized carbons (Fsp3) is 0.111. The molecule has 3 aromatic rings. The van der Waals surface area contributed by atoms with E-state index in [1.165, 1.54) is 17.5 Å². The van der Waals surface area contributed by atoms with Crippen molar-refractivity contribution in [3.05, 3.63) is 17.1 Å². The molecular weight excluding hydrogens is 240 g/mol. The van der Waals surface area contributed by atoms with Crippen molar-refractivity contribution in [2.45, 2.75) is 6.92 Å². The molecule has 0 unspecified atom stereocenters. The number of aromatic amines is 1. The summed E-state index contributed by atoms with van der Waals surface area (Å²) in [6, 6.07) is 1.92. The molecular formula is C9H8N6OS. The minimum absolute atomic E-state index is 0.386. The van der Waals surface area contributed by atoms with Crippen molar-refractivity contribution in [2.75, 3.05) is 5.73 Å². The lowest BCUT2D eigenvalue weighted by molar-refractivity contribution is 0.432. The Morgan fingerprint density at radius 3 is 3.00 bits per heavy atom. The maximum absolute atomic E-state index is 5.86. The van der Waals surface area contributed by atoms with E-state index in [9.17, 15) is 0 Å². The lowest BCUT2D eigenvalue weighted by Crippen LogP contribution is -1.84. The molecule has 3 heterocycles. The number of hydrogen-bond acceptors (Lipinski definition) is 7. The molecule has 0 radical (unpaired) electrons. The molecule has 0 saturated carbocycles.